The number of aryl methyl sites for hydroxylation is 2. The molecular formula is C19H33N3O2. The zero-order valence-corrected chi connectivity index (χ0v) is 15.7. The molecule has 3 rings (SSSR count). The van der Waals surface area contributed by atoms with Crippen molar-refractivity contribution in [1.82, 2.24) is 14.7 Å². The van der Waals surface area contributed by atoms with E-state index in [2.05, 4.69) is 37.4 Å². The van der Waals surface area contributed by atoms with E-state index in [0.29, 0.717) is 0 Å². The van der Waals surface area contributed by atoms with Gasteiger partial charge in [-0.25, -0.2) is 0 Å². The minimum Gasteiger partial charge on any atom is -0.392 e. The second-order valence-corrected chi connectivity index (χ2v) is 7.41. The summed E-state index contributed by atoms with van der Waals surface area (Å²) in [4.78, 5) is 2.54. The molecule has 2 fully saturated rings. The normalized spacial score (nSPS) is 26.7. The van der Waals surface area contributed by atoms with E-state index < -0.39 is 0 Å². The molecule has 0 bridgehead atoms. The molecule has 1 aliphatic carbocycles. The highest BCUT2D eigenvalue weighted by Gasteiger charge is 2.55. The molecule has 1 saturated carbocycles. The third kappa shape index (κ3) is 2.91. The van der Waals surface area contributed by atoms with Gasteiger partial charge in [-0.15, -0.1) is 0 Å². The topological polar surface area (TPSA) is 50.5 Å². The summed E-state index contributed by atoms with van der Waals surface area (Å²) in [5.41, 5.74) is 4.05. The van der Waals surface area contributed by atoms with Crippen molar-refractivity contribution in [3.63, 3.8) is 0 Å². The van der Waals surface area contributed by atoms with Crippen LogP contribution in [0.5, 0.6) is 0 Å². The number of likely N-dealkylation sites (tertiary alicyclic amines) is 1. The molecule has 2 unspecified atom stereocenters. The van der Waals surface area contributed by atoms with Crippen molar-refractivity contribution in [2.45, 2.75) is 71.6 Å². The Labute approximate surface area is 146 Å². The lowest BCUT2D eigenvalue weighted by molar-refractivity contribution is -0.209. The smallest absolute Gasteiger partial charge is 0.0681 e. The van der Waals surface area contributed by atoms with Gasteiger partial charge >= 0.3 is 0 Å². The first-order valence-corrected chi connectivity index (χ1v) is 9.61. The zero-order valence-electron chi connectivity index (χ0n) is 15.7. The summed E-state index contributed by atoms with van der Waals surface area (Å²) in [5, 5.41) is 15.1. The third-order valence-corrected chi connectivity index (χ3v) is 6.31. The fraction of sp³-hybridized carbons (Fsp3) is 0.842. The van der Waals surface area contributed by atoms with Crippen LogP contribution in [0.4, 0.5) is 0 Å². The van der Waals surface area contributed by atoms with E-state index in [-0.39, 0.29) is 17.6 Å². The van der Waals surface area contributed by atoms with Gasteiger partial charge in [-0.05, 0) is 45.7 Å². The summed E-state index contributed by atoms with van der Waals surface area (Å²) in [5.74, 6) is 0. The number of piperidine rings is 1. The summed E-state index contributed by atoms with van der Waals surface area (Å²) in [6.45, 7) is 10.3. The van der Waals surface area contributed by atoms with E-state index in [1.54, 1.807) is 0 Å². The first-order valence-electron chi connectivity index (χ1n) is 9.61. The quantitative estimate of drug-likeness (QED) is 0.867. The highest BCUT2D eigenvalue weighted by Crippen LogP contribution is 2.51. The Kier molecular flexibility index (Phi) is 5.33. The Hall–Kier alpha value is -0.910. The number of nitrogens with zero attached hydrogens (tertiary/aromatic N) is 3. The molecule has 136 valence electrons. The van der Waals surface area contributed by atoms with Crippen LogP contribution in [0.15, 0.2) is 0 Å². The van der Waals surface area contributed by atoms with Gasteiger partial charge in [0.15, 0.2) is 0 Å². The van der Waals surface area contributed by atoms with E-state index in [9.17, 15) is 5.11 Å². The Bertz CT molecular complexity index is 559. The number of ether oxygens (including phenoxy) is 1. The lowest BCUT2D eigenvalue weighted by Gasteiger charge is -2.56. The standard InChI is InChI=1S/C19H33N3O2/c1-5-15-14(16(6-2)21(4)20-15)13-22-10-8-19(9-11-22)17(23)12-18(19)24-7-3/h17-18,23H,5-13H2,1-4H3. The number of aliphatic hydroxyl groups excluding tert-OH is 1. The number of aliphatic hydroxyl groups is 1. The Morgan fingerprint density at radius 2 is 1.92 bits per heavy atom. The van der Waals surface area contributed by atoms with Gasteiger partial charge in [0, 0.05) is 43.3 Å². The fourth-order valence-corrected chi connectivity index (χ4v) is 4.74. The van der Waals surface area contributed by atoms with Crippen LogP contribution in [-0.2, 0) is 31.2 Å². The summed E-state index contributed by atoms with van der Waals surface area (Å²) in [6.07, 6.45) is 5.01. The lowest BCUT2D eigenvalue weighted by atomic mass is 9.58. The van der Waals surface area contributed by atoms with Crippen LogP contribution >= 0.6 is 0 Å². The largest absolute Gasteiger partial charge is 0.392 e. The van der Waals surface area contributed by atoms with E-state index in [0.717, 1.165) is 58.3 Å². The predicted octanol–water partition coefficient (Wildman–Crippen LogP) is 2.30. The van der Waals surface area contributed by atoms with Gasteiger partial charge in [0.05, 0.1) is 17.9 Å². The van der Waals surface area contributed by atoms with Gasteiger partial charge in [-0.1, -0.05) is 13.8 Å². The maximum Gasteiger partial charge on any atom is 0.0681 e. The number of hydrogen-bond donors (Lipinski definition) is 1. The molecular weight excluding hydrogens is 302 g/mol. The van der Waals surface area contributed by atoms with Gasteiger partial charge in [-0.3, -0.25) is 9.58 Å². The zero-order chi connectivity index (χ0) is 17.3. The van der Waals surface area contributed by atoms with Gasteiger partial charge < -0.3 is 9.84 Å². The van der Waals surface area contributed by atoms with Crippen molar-refractivity contribution < 1.29 is 9.84 Å². The molecule has 1 aliphatic heterocycles. The summed E-state index contributed by atoms with van der Waals surface area (Å²) < 4.78 is 7.94. The first-order chi connectivity index (χ1) is 11.6. The monoisotopic (exact) mass is 335 g/mol. The Morgan fingerprint density at radius 1 is 1.21 bits per heavy atom. The molecule has 2 heterocycles. The maximum atomic E-state index is 10.4. The predicted molar refractivity (Wildman–Crippen MR) is 94.9 cm³/mol. The van der Waals surface area contributed by atoms with Crippen molar-refractivity contribution in [3.05, 3.63) is 17.0 Å². The SMILES string of the molecule is CCOC1CC(O)C12CCN(Cc1c(CC)nn(C)c1CC)CC2. The average molecular weight is 335 g/mol. The fourth-order valence-electron chi connectivity index (χ4n) is 4.74. The van der Waals surface area contributed by atoms with Crippen LogP contribution < -0.4 is 0 Å². The van der Waals surface area contributed by atoms with E-state index in [1.165, 1.54) is 17.0 Å². The number of aromatic nitrogens is 2. The van der Waals surface area contributed by atoms with Gasteiger partial charge in [0.1, 0.15) is 0 Å². The van der Waals surface area contributed by atoms with Crippen LogP contribution in [0, 0.1) is 5.41 Å². The van der Waals surface area contributed by atoms with Crippen LogP contribution in [0.1, 0.15) is 57.0 Å². The second kappa shape index (κ2) is 7.14. The molecule has 5 nitrogen and oxygen atoms in total. The van der Waals surface area contributed by atoms with Crippen molar-refractivity contribution in [1.29, 1.82) is 0 Å². The molecule has 0 amide bonds. The first kappa shape index (κ1) is 17.9. The van der Waals surface area contributed by atoms with Crippen LogP contribution in [0.25, 0.3) is 0 Å². The molecule has 1 aromatic rings. The maximum absolute atomic E-state index is 10.4. The van der Waals surface area contributed by atoms with Crippen molar-refractivity contribution in [3.8, 4) is 0 Å². The highest BCUT2D eigenvalue weighted by molar-refractivity contribution is 5.27. The van der Waals surface area contributed by atoms with Crippen molar-refractivity contribution in [2.24, 2.45) is 12.5 Å². The Morgan fingerprint density at radius 3 is 2.46 bits per heavy atom. The molecule has 5 heteroatoms. The minimum atomic E-state index is -0.174. The Balaban J connectivity index is 1.66. The number of rotatable bonds is 6. The van der Waals surface area contributed by atoms with Gasteiger partial charge in [0.2, 0.25) is 0 Å². The summed E-state index contributed by atoms with van der Waals surface area (Å²) in [7, 11) is 2.06. The summed E-state index contributed by atoms with van der Waals surface area (Å²) in [6, 6.07) is 0. The molecule has 1 saturated heterocycles. The van der Waals surface area contributed by atoms with Gasteiger partial charge in [-0.2, -0.15) is 5.10 Å². The molecule has 0 radical (unpaired) electrons. The molecule has 2 aliphatic rings. The second-order valence-electron chi connectivity index (χ2n) is 7.41. The summed E-state index contributed by atoms with van der Waals surface area (Å²) >= 11 is 0. The van der Waals surface area contributed by atoms with E-state index >= 15 is 0 Å². The molecule has 0 aromatic carbocycles. The number of hydrogen-bond acceptors (Lipinski definition) is 4. The van der Waals surface area contributed by atoms with Crippen LogP contribution in [-0.4, -0.2) is 51.7 Å². The van der Waals surface area contributed by atoms with Crippen molar-refractivity contribution in [2.75, 3.05) is 19.7 Å². The van der Waals surface area contributed by atoms with E-state index in [4.69, 9.17) is 9.84 Å². The lowest BCUT2D eigenvalue weighted by Crippen LogP contribution is -2.62. The molecule has 24 heavy (non-hydrogen) atoms. The van der Waals surface area contributed by atoms with Crippen molar-refractivity contribution >= 4 is 0 Å². The molecule has 2 atom stereocenters. The molecule has 1 N–H and O–H groups in total. The highest BCUT2D eigenvalue weighted by atomic mass is 16.5. The van der Waals surface area contributed by atoms with Crippen LogP contribution in [0.2, 0.25) is 0 Å². The molecule has 1 aromatic heterocycles. The van der Waals surface area contributed by atoms with Crippen LogP contribution in [0.3, 0.4) is 0 Å². The average Bonchev–Trinajstić information content (AvgIpc) is 2.90. The third-order valence-electron chi connectivity index (χ3n) is 6.31. The minimum absolute atomic E-state index is 0.0165. The van der Waals surface area contributed by atoms with E-state index in [1.807, 2.05) is 0 Å². The van der Waals surface area contributed by atoms with Gasteiger partial charge in [0.25, 0.3) is 0 Å². The molecule has 1 spiro atoms.